The van der Waals surface area contributed by atoms with E-state index in [-0.39, 0.29) is 6.04 Å². The van der Waals surface area contributed by atoms with Crippen LogP contribution in [0.3, 0.4) is 0 Å². The first kappa shape index (κ1) is 11.3. The zero-order valence-corrected chi connectivity index (χ0v) is 9.62. The zero-order valence-electron chi connectivity index (χ0n) is 9.62. The van der Waals surface area contributed by atoms with E-state index in [4.69, 9.17) is 5.73 Å². The van der Waals surface area contributed by atoms with Gasteiger partial charge in [-0.1, -0.05) is 50.6 Å². The predicted octanol–water partition coefficient (Wildman–Crippen LogP) is 3.08. The molecule has 2 unspecified atom stereocenters. The molecule has 1 aromatic rings. The summed E-state index contributed by atoms with van der Waals surface area (Å²) in [5.74, 6) is 0.973. The fourth-order valence-corrected chi connectivity index (χ4v) is 1.75. The van der Waals surface area contributed by atoms with Gasteiger partial charge in [0.2, 0.25) is 0 Å². The van der Waals surface area contributed by atoms with Gasteiger partial charge in [-0.05, 0) is 24.3 Å². The summed E-state index contributed by atoms with van der Waals surface area (Å²) in [6.45, 7) is 8.69. The van der Waals surface area contributed by atoms with Gasteiger partial charge >= 0.3 is 0 Å². The van der Waals surface area contributed by atoms with Crippen LogP contribution in [0.5, 0.6) is 0 Å². The molecule has 1 nitrogen and oxygen atoms in total. The molecule has 0 aliphatic rings. The number of benzene rings is 1. The first-order valence-corrected chi connectivity index (χ1v) is 5.34. The van der Waals surface area contributed by atoms with E-state index in [1.165, 1.54) is 11.1 Å². The minimum absolute atomic E-state index is 0.247. The second-order valence-electron chi connectivity index (χ2n) is 4.52. The van der Waals surface area contributed by atoms with Crippen LogP contribution >= 0.6 is 0 Å². The molecule has 1 aromatic carbocycles. The number of rotatable bonds is 3. The van der Waals surface area contributed by atoms with Crippen LogP contribution in [0.15, 0.2) is 24.3 Å². The highest BCUT2D eigenvalue weighted by Gasteiger charge is 2.17. The monoisotopic (exact) mass is 191 g/mol. The maximum absolute atomic E-state index is 6.14. The van der Waals surface area contributed by atoms with Gasteiger partial charge in [0.25, 0.3) is 0 Å². The lowest BCUT2D eigenvalue weighted by atomic mass is 9.87. The van der Waals surface area contributed by atoms with Gasteiger partial charge in [0.1, 0.15) is 0 Å². The molecule has 0 bridgehead atoms. The maximum atomic E-state index is 6.14. The van der Waals surface area contributed by atoms with Crippen LogP contribution in [0.25, 0.3) is 0 Å². The minimum Gasteiger partial charge on any atom is -0.327 e. The standard InChI is InChI=1S/C13H21N/c1-9(2)13(14)11(4)12-7-5-6-10(3)8-12/h5-9,11,13H,14H2,1-4H3. The molecule has 1 rings (SSSR count). The molecule has 14 heavy (non-hydrogen) atoms. The van der Waals surface area contributed by atoms with Crippen molar-refractivity contribution in [3.63, 3.8) is 0 Å². The van der Waals surface area contributed by atoms with Crippen LogP contribution in [-0.4, -0.2) is 6.04 Å². The SMILES string of the molecule is Cc1cccc(C(C)C(N)C(C)C)c1. The molecule has 78 valence electrons. The van der Waals surface area contributed by atoms with E-state index in [2.05, 4.69) is 52.0 Å². The molecule has 2 atom stereocenters. The third kappa shape index (κ3) is 2.58. The van der Waals surface area contributed by atoms with E-state index >= 15 is 0 Å². The van der Waals surface area contributed by atoms with Crippen molar-refractivity contribution in [2.45, 2.75) is 39.7 Å². The molecule has 0 aliphatic carbocycles. The normalized spacial score (nSPS) is 15.6. The maximum Gasteiger partial charge on any atom is 0.0128 e. The van der Waals surface area contributed by atoms with E-state index in [0.717, 1.165) is 0 Å². The van der Waals surface area contributed by atoms with Gasteiger partial charge in [-0.3, -0.25) is 0 Å². The molecular formula is C13H21N. The quantitative estimate of drug-likeness (QED) is 0.780. The predicted molar refractivity (Wildman–Crippen MR) is 62.4 cm³/mol. The Morgan fingerprint density at radius 2 is 1.79 bits per heavy atom. The van der Waals surface area contributed by atoms with Gasteiger partial charge in [0.05, 0.1) is 0 Å². The van der Waals surface area contributed by atoms with Crippen molar-refractivity contribution in [3.05, 3.63) is 35.4 Å². The fourth-order valence-electron chi connectivity index (χ4n) is 1.75. The Balaban J connectivity index is 2.83. The van der Waals surface area contributed by atoms with E-state index in [0.29, 0.717) is 11.8 Å². The zero-order chi connectivity index (χ0) is 10.7. The first-order valence-electron chi connectivity index (χ1n) is 5.34. The summed E-state index contributed by atoms with van der Waals surface area (Å²) in [5.41, 5.74) is 8.81. The lowest BCUT2D eigenvalue weighted by Crippen LogP contribution is -2.32. The van der Waals surface area contributed by atoms with Gasteiger partial charge in [0.15, 0.2) is 0 Å². The Bertz CT molecular complexity index is 291. The van der Waals surface area contributed by atoms with Crippen LogP contribution < -0.4 is 5.73 Å². The molecule has 0 saturated heterocycles. The second kappa shape index (κ2) is 4.61. The molecule has 0 radical (unpaired) electrons. The van der Waals surface area contributed by atoms with Gasteiger partial charge in [-0.2, -0.15) is 0 Å². The highest BCUT2D eigenvalue weighted by Crippen LogP contribution is 2.22. The highest BCUT2D eigenvalue weighted by atomic mass is 14.7. The van der Waals surface area contributed by atoms with Crippen molar-refractivity contribution < 1.29 is 0 Å². The topological polar surface area (TPSA) is 26.0 Å². The molecule has 0 aromatic heterocycles. The average Bonchev–Trinajstić information content (AvgIpc) is 2.15. The van der Waals surface area contributed by atoms with Crippen LogP contribution in [0, 0.1) is 12.8 Å². The third-order valence-electron chi connectivity index (χ3n) is 2.92. The van der Waals surface area contributed by atoms with Gasteiger partial charge in [0, 0.05) is 6.04 Å². The largest absolute Gasteiger partial charge is 0.327 e. The Labute approximate surface area is 87.3 Å². The fraction of sp³-hybridized carbons (Fsp3) is 0.538. The summed E-state index contributed by atoms with van der Waals surface area (Å²) in [7, 11) is 0. The summed E-state index contributed by atoms with van der Waals surface area (Å²) < 4.78 is 0. The Morgan fingerprint density at radius 1 is 1.14 bits per heavy atom. The molecule has 0 spiro atoms. The second-order valence-corrected chi connectivity index (χ2v) is 4.52. The molecule has 0 fully saturated rings. The summed E-state index contributed by atoms with van der Waals surface area (Å²) in [6.07, 6.45) is 0. The molecule has 0 amide bonds. The van der Waals surface area contributed by atoms with Crippen molar-refractivity contribution in [1.82, 2.24) is 0 Å². The Morgan fingerprint density at radius 3 is 2.29 bits per heavy atom. The summed E-state index contributed by atoms with van der Waals surface area (Å²) in [6, 6.07) is 8.87. The first-order chi connectivity index (χ1) is 6.52. The van der Waals surface area contributed by atoms with E-state index in [1.54, 1.807) is 0 Å². The van der Waals surface area contributed by atoms with Crippen molar-refractivity contribution in [2.75, 3.05) is 0 Å². The van der Waals surface area contributed by atoms with Crippen molar-refractivity contribution in [3.8, 4) is 0 Å². The van der Waals surface area contributed by atoms with Crippen LogP contribution in [0.2, 0.25) is 0 Å². The van der Waals surface area contributed by atoms with Crippen molar-refractivity contribution in [1.29, 1.82) is 0 Å². The molecule has 0 aliphatic heterocycles. The van der Waals surface area contributed by atoms with Gasteiger partial charge < -0.3 is 5.73 Å². The number of hydrogen-bond acceptors (Lipinski definition) is 1. The summed E-state index contributed by atoms with van der Waals surface area (Å²) >= 11 is 0. The van der Waals surface area contributed by atoms with E-state index in [9.17, 15) is 0 Å². The minimum atomic E-state index is 0.247. The Hall–Kier alpha value is -0.820. The van der Waals surface area contributed by atoms with Crippen LogP contribution in [0.1, 0.15) is 37.8 Å². The van der Waals surface area contributed by atoms with Crippen LogP contribution in [-0.2, 0) is 0 Å². The summed E-state index contributed by atoms with van der Waals surface area (Å²) in [4.78, 5) is 0. The van der Waals surface area contributed by atoms with Gasteiger partial charge in [-0.15, -0.1) is 0 Å². The average molecular weight is 191 g/mol. The molecule has 0 heterocycles. The van der Waals surface area contributed by atoms with Crippen molar-refractivity contribution >= 4 is 0 Å². The molecule has 0 saturated carbocycles. The number of aryl methyl sites for hydroxylation is 1. The third-order valence-corrected chi connectivity index (χ3v) is 2.92. The molecule has 2 N–H and O–H groups in total. The van der Waals surface area contributed by atoms with Crippen molar-refractivity contribution in [2.24, 2.45) is 11.7 Å². The molecular weight excluding hydrogens is 170 g/mol. The summed E-state index contributed by atoms with van der Waals surface area (Å²) in [5, 5.41) is 0. The smallest absolute Gasteiger partial charge is 0.0128 e. The number of nitrogens with two attached hydrogens (primary N) is 1. The van der Waals surface area contributed by atoms with E-state index in [1.807, 2.05) is 0 Å². The van der Waals surface area contributed by atoms with Crippen LogP contribution in [0.4, 0.5) is 0 Å². The van der Waals surface area contributed by atoms with Gasteiger partial charge in [-0.25, -0.2) is 0 Å². The van der Waals surface area contributed by atoms with E-state index < -0.39 is 0 Å². The highest BCUT2D eigenvalue weighted by molar-refractivity contribution is 5.26. The molecule has 1 heteroatoms. The lowest BCUT2D eigenvalue weighted by Gasteiger charge is -2.23. The number of hydrogen-bond donors (Lipinski definition) is 1. The lowest BCUT2D eigenvalue weighted by molar-refractivity contribution is 0.434. The Kier molecular flexibility index (Phi) is 3.70.